The number of ether oxygens (including phenoxy) is 2. The molecule has 0 aliphatic carbocycles. The Labute approximate surface area is 179 Å². The number of rotatable bonds is 2. The Morgan fingerprint density at radius 1 is 1.25 bits per heavy atom. The van der Waals surface area contributed by atoms with Gasteiger partial charge in [0.05, 0.1) is 24.8 Å². The molecule has 1 heterocycles. The van der Waals surface area contributed by atoms with Crippen LogP contribution in [0.5, 0.6) is 0 Å². The van der Waals surface area contributed by atoms with Crippen LogP contribution in [-0.2, 0) is 9.47 Å². The highest BCUT2D eigenvalue weighted by Crippen LogP contribution is 2.29. The minimum atomic E-state index is -0.524. The number of nitrogens with zero attached hydrogens (tertiary/aromatic N) is 1. The molecule has 0 fully saturated rings. The van der Waals surface area contributed by atoms with E-state index < -0.39 is 11.6 Å². The van der Waals surface area contributed by atoms with Crippen molar-refractivity contribution in [3.8, 4) is 11.8 Å². The molecule has 5 nitrogen and oxygen atoms in total. The molecular weight excluding hydrogens is 442 g/mol. The number of benzene rings is 1. The van der Waals surface area contributed by atoms with Crippen LogP contribution in [0.1, 0.15) is 43.1 Å². The molecule has 1 aromatic carbocycles. The van der Waals surface area contributed by atoms with Crippen molar-refractivity contribution < 1.29 is 19.1 Å². The van der Waals surface area contributed by atoms with Gasteiger partial charge in [-0.2, -0.15) is 0 Å². The molecule has 7 heteroatoms. The number of carbonyl (C=O) groups excluding carboxylic acids is 2. The summed E-state index contributed by atoms with van der Waals surface area (Å²) in [7, 11) is 1.36. The molecule has 2 rings (SSSR count). The largest absolute Gasteiger partial charge is 0.465 e. The number of methoxy groups -OCH3 is 1. The molecule has 1 aliphatic heterocycles. The van der Waals surface area contributed by atoms with Gasteiger partial charge in [0.1, 0.15) is 5.60 Å². The van der Waals surface area contributed by atoms with Crippen LogP contribution in [0, 0.1) is 11.8 Å². The highest BCUT2D eigenvalue weighted by molar-refractivity contribution is 9.10. The van der Waals surface area contributed by atoms with Gasteiger partial charge in [-0.05, 0) is 61.5 Å². The Hall–Kier alpha value is -1.91. The van der Waals surface area contributed by atoms with Gasteiger partial charge in [-0.1, -0.05) is 17.9 Å². The van der Waals surface area contributed by atoms with Crippen molar-refractivity contribution in [2.45, 2.75) is 37.7 Å². The van der Waals surface area contributed by atoms with Crippen LogP contribution in [0.4, 0.5) is 4.79 Å². The van der Waals surface area contributed by atoms with Crippen LogP contribution in [0.25, 0.3) is 0 Å². The summed E-state index contributed by atoms with van der Waals surface area (Å²) in [5.41, 5.74) is 1.62. The Bertz CT molecular complexity index is 862. The third-order valence-corrected chi connectivity index (χ3v) is 5.23. The second-order valence-corrected chi connectivity index (χ2v) is 8.90. The summed E-state index contributed by atoms with van der Waals surface area (Å²) in [6.45, 7) is 6.60. The maximum absolute atomic E-state index is 12.3. The fourth-order valence-electron chi connectivity index (χ4n) is 2.56. The molecule has 0 spiro atoms. The van der Waals surface area contributed by atoms with E-state index in [0.717, 1.165) is 26.9 Å². The molecular formula is C21H24BrNO4S. The Morgan fingerprint density at radius 2 is 1.96 bits per heavy atom. The Morgan fingerprint density at radius 3 is 2.57 bits per heavy atom. The van der Waals surface area contributed by atoms with Crippen LogP contribution in [0.2, 0.25) is 0 Å². The second-order valence-electron chi connectivity index (χ2n) is 7.20. The maximum Gasteiger partial charge on any atom is 0.410 e. The van der Waals surface area contributed by atoms with Crippen LogP contribution in [0.3, 0.4) is 0 Å². The number of hydrogen-bond donors (Lipinski definition) is 0. The van der Waals surface area contributed by atoms with E-state index in [1.807, 2.05) is 33.1 Å². The topological polar surface area (TPSA) is 55.8 Å². The van der Waals surface area contributed by atoms with Crippen LogP contribution in [-0.4, -0.2) is 49.0 Å². The van der Waals surface area contributed by atoms with Crippen molar-refractivity contribution in [2.75, 3.05) is 26.5 Å². The SMILES string of the molecule is COC(=O)c1cc(Br)c(C#CC2=CCCN(C(=O)OC(C)(C)C)C2)c(SC)c1. The van der Waals surface area contributed by atoms with Crippen LogP contribution >= 0.6 is 27.7 Å². The molecule has 0 N–H and O–H groups in total. The zero-order chi connectivity index (χ0) is 20.9. The highest BCUT2D eigenvalue weighted by Gasteiger charge is 2.24. The standard InChI is InChI=1S/C21H24BrNO4S/c1-21(2,3)27-20(25)23-10-6-7-14(13-23)8-9-16-17(22)11-15(19(24)26-4)12-18(16)28-5/h7,11-12H,6,10,13H2,1-5H3. The van der Waals surface area contributed by atoms with Gasteiger partial charge in [0.2, 0.25) is 0 Å². The van der Waals surface area contributed by atoms with Gasteiger partial charge in [0.25, 0.3) is 0 Å². The van der Waals surface area contributed by atoms with Crippen LogP contribution in [0.15, 0.2) is 33.2 Å². The molecule has 1 aliphatic rings. The van der Waals surface area contributed by atoms with Gasteiger partial charge in [0, 0.05) is 21.5 Å². The van der Waals surface area contributed by atoms with E-state index in [1.54, 1.807) is 17.0 Å². The molecule has 1 amide bonds. The molecule has 0 bridgehead atoms. The zero-order valence-corrected chi connectivity index (χ0v) is 19.1. The highest BCUT2D eigenvalue weighted by atomic mass is 79.9. The first kappa shape index (κ1) is 22.4. The minimum Gasteiger partial charge on any atom is -0.465 e. The normalized spacial score (nSPS) is 13.9. The fraction of sp³-hybridized carbons (Fsp3) is 0.429. The average Bonchev–Trinajstić information content (AvgIpc) is 2.64. The van der Waals surface area contributed by atoms with Crippen LogP contribution < -0.4 is 0 Å². The monoisotopic (exact) mass is 465 g/mol. The number of amides is 1. The van der Waals surface area contributed by atoms with Gasteiger partial charge in [0.15, 0.2) is 0 Å². The van der Waals surface area contributed by atoms with Gasteiger partial charge < -0.3 is 14.4 Å². The first-order valence-corrected chi connectivity index (χ1v) is 10.8. The Kier molecular flexibility index (Phi) is 7.62. The lowest BCUT2D eigenvalue weighted by atomic mass is 10.1. The van der Waals surface area contributed by atoms with E-state index in [0.29, 0.717) is 18.7 Å². The van der Waals surface area contributed by atoms with Gasteiger partial charge in [-0.15, -0.1) is 11.8 Å². The average molecular weight is 466 g/mol. The van der Waals surface area contributed by atoms with E-state index in [2.05, 4.69) is 27.8 Å². The van der Waals surface area contributed by atoms with E-state index in [1.165, 1.54) is 18.9 Å². The van der Waals surface area contributed by atoms with E-state index in [9.17, 15) is 9.59 Å². The summed E-state index contributed by atoms with van der Waals surface area (Å²) in [4.78, 5) is 26.6. The lowest BCUT2D eigenvalue weighted by molar-refractivity contribution is 0.0264. The molecule has 0 saturated carbocycles. The first-order valence-electron chi connectivity index (χ1n) is 8.79. The summed E-state index contributed by atoms with van der Waals surface area (Å²) in [5, 5.41) is 0. The second kappa shape index (κ2) is 9.53. The summed E-state index contributed by atoms with van der Waals surface area (Å²) in [6.07, 6.45) is 4.39. The van der Waals surface area contributed by atoms with E-state index in [4.69, 9.17) is 9.47 Å². The zero-order valence-electron chi connectivity index (χ0n) is 16.7. The smallest absolute Gasteiger partial charge is 0.410 e. The van der Waals surface area contributed by atoms with Crippen molar-refractivity contribution >= 4 is 39.8 Å². The molecule has 1 aromatic rings. The summed E-state index contributed by atoms with van der Waals surface area (Å²) in [5.74, 6) is 5.95. The van der Waals surface area contributed by atoms with Crippen molar-refractivity contribution in [3.05, 3.63) is 39.4 Å². The van der Waals surface area contributed by atoms with Crippen molar-refractivity contribution in [3.63, 3.8) is 0 Å². The molecule has 150 valence electrons. The minimum absolute atomic E-state index is 0.326. The van der Waals surface area contributed by atoms with Gasteiger partial charge in [-0.25, -0.2) is 9.59 Å². The quantitative estimate of drug-likeness (QED) is 0.354. The summed E-state index contributed by atoms with van der Waals surface area (Å²) < 4.78 is 11.0. The first-order chi connectivity index (χ1) is 13.1. The predicted molar refractivity (Wildman–Crippen MR) is 115 cm³/mol. The summed E-state index contributed by atoms with van der Waals surface area (Å²) >= 11 is 5.01. The number of carbonyl (C=O) groups is 2. The van der Waals surface area contributed by atoms with Crippen molar-refractivity contribution in [2.24, 2.45) is 0 Å². The molecule has 0 atom stereocenters. The molecule has 28 heavy (non-hydrogen) atoms. The summed E-state index contributed by atoms with van der Waals surface area (Å²) in [6, 6.07) is 3.48. The molecule has 0 unspecified atom stereocenters. The lowest BCUT2D eigenvalue weighted by Gasteiger charge is -2.29. The van der Waals surface area contributed by atoms with Crippen molar-refractivity contribution in [1.29, 1.82) is 0 Å². The predicted octanol–water partition coefficient (Wildman–Crippen LogP) is 4.88. The van der Waals surface area contributed by atoms with Gasteiger partial charge >= 0.3 is 12.1 Å². The third kappa shape index (κ3) is 6.05. The maximum atomic E-state index is 12.3. The van der Waals surface area contributed by atoms with Crippen molar-refractivity contribution in [1.82, 2.24) is 4.90 Å². The fourth-order valence-corrected chi connectivity index (χ4v) is 3.86. The van der Waals surface area contributed by atoms with E-state index in [-0.39, 0.29) is 6.09 Å². The number of halogens is 1. The Balaban J connectivity index is 2.22. The molecule has 0 radical (unpaired) electrons. The number of thioether (sulfide) groups is 1. The molecule has 0 saturated heterocycles. The van der Waals surface area contributed by atoms with Gasteiger partial charge in [-0.3, -0.25) is 0 Å². The lowest BCUT2D eigenvalue weighted by Crippen LogP contribution is -2.39. The van der Waals surface area contributed by atoms with E-state index >= 15 is 0 Å². The number of hydrogen-bond acceptors (Lipinski definition) is 5. The molecule has 0 aromatic heterocycles. The third-order valence-electron chi connectivity index (χ3n) is 3.85. The number of esters is 1.